The quantitative estimate of drug-likeness (QED) is 0.600. The molecule has 0 bridgehead atoms. The summed E-state index contributed by atoms with van der Waals surface area (Å²) in [5.74, 6) is -0.367. The average molecular weight is 492 g/mol. The molecule has 2 aliphatic rings. The van der Waals surface area contributed by atoms with E-state index in [1.165, 1.54) is 12.7 Å². The van der Waals surface area contributed by atoms with Gasteiger partial charge in [0.1, 0.15) is 0 Å². The Balaban J connectivity index is 0.00000306. The molecule has 0 radical (unpaired) electrons. The molecule has 1 aliphatic heterocycles. The highest BCUT2D eigenvalue weighted by Crippen LogP contribution is 2.41. The number of nitrogens with zero attached hydrogens (tertiary/aromatic N) is 2. The molecule has 33 heavy (non-hydrogen) atoms. The van der Waals surface area contributed by atoms with Crippen LogP contribution in [0.4, 0.5) is 10.5 Å². The predicted molar refractivity (Wildman–Crippen MR) is 134 cm³/mol. The van der Waals surface area contributed by atoms with E-state index in [-0.39, 0.29) is 35.9 Å². The number of hydrogen-bond donors (Lipinski definition) is 1. The van der Waals surface area contributed by atoms with Crippen molar-refractivity contribution in [1.29, 1.82) is 0 Å². The Morgan fingerprint density at radius 2 is 1.91 bits per heavy atom. The lowest BCUT2D eigenvalue weighted by molar-refractivity contribution is 0.0600. The summed E-state index contributed by atoms with van der Waals surface area (Å²) >= 11 is 6.23. The third-order valence-corrected chi connectivity index (χ3v) is 7.38. The van der Waals surface area contributed by atoms with Gasteiger partial charge in [-0.3, -0.25) is 4.90 Å². The Bertz CT molecular complexity index is 1020. The van der Waals surface area contributed by atoms with Crippen molar-refractivity contribution in [3.63, 3.8) is 0 Å². The summed E-state index contributed by atoms with van der Waals surface area (Å²) in [4.78, 5) is 28.9. The number of ether oxygens (including phenoxy) is 1. The maximum absolute atomic E-state index is 13.3. The summed E-state index contributed by atoms with van der Waals surface area (Å²) in [6.07, 6.45) is 3.71. The summed E-state index contributed by atoms with van der Waals surface area (Å²) in [7, 11) is 1.37. The summed E-state index contributed by atoms with van der Waals surface area (Å²) in [5, 5.41) is 0.733. The van der Waals surface area contributed by atoms with Gasteiger partial charge in [0.25, 0.3) is 0 Å². The van der Waals surface area contributed by atoms with Gasteiger partial charge in [0.15, 0.2) is 0 Å². The fraction of sp³-hybridized carbons (Fsp3) is 0.440. The van der Waals surface area contributed by atoms with Crippen molar-refractivity contribution in [1.82, 2.24) is 4.90 Å². The van der Waals surface area contributed by atoms with Crippen LogP contribution in [0.3, 0.4) is 0 Å². The number of urea groups is 1. The molecule has 1 saturated carbocycles. The highest BCUT2D eigenvalue weighted by Gasteiger charge is 2.41. The third kappa shape index (κ3) is 4.84. The zero-order valence-electron chi connectivity index (χ0n) is 19.1. The van der Waals surface area contributed by atoms with Gasteiger partial charge in [-0.25, -0.2) is 9.59 Å². The van der Waals surface area contributed by atoms with Crippen LogP contribution >= 0.6 is 24.0 Å². The van der Waals surface area contributed by atoms with E-state index in [0.717, 1.165) is 42.0 Å². The maximum Gasteiger partial charge on any atom is 0.338 e. The lowest BCUT2D eigenvalue weighted by atomic mass is 9.68. The smallest absolute Gasteiger partial charge is 0.338 e. The maximum atomic E-state index is 13.3. The Morgan fingerprint density at radius 3 is 2.52 bits per heavy atom. The van der Waals surface area contributed by atoms with Crippen LogP contribution in [0.5, 0.6) is 0 Å². The molecular formula is C25H31Cl2N3O3. The first-order chi connectivity index (χ1) is 15.4. The van der Waals surface area contributed by atoms with Crippen LogP contribution in [0.1, 0.15) is 47.2 Å². The number of rotatable bonds is 5. The number of amides is 2. The molecule has 0 spiro atoms. The minimum atomic E-state index is -0.367. The van der Waals surface area contributed by atoms with Crippen molar-refractivity contribution in [2.45, 2.75) is 44.1 Å². The van der Waals surface area contributed by atoms with Gasteiger partial charge in [0.05, 0.1) is 12.7 Å². The molecule has 2 aromatic rings. The second kappa shape index (κ2) is 10.3. The molecule has 1 heterocycles. The zero-order chi connectivity index (χ0) is 22.9. The Kier molecular flexibility index (Phi) is 7.93. The largest absolute Gasteiger partial charge is 0.465 e. The SMILES string of the molecule is COC(=O)c1ccc(N2CCN([C@H]3CC[C@@](CN)(c4cccc(Cl)c4)CC3)C2=O)cc1C.Cl. The first-order valence-electron chi connectivity index (χ1n) is 11.1. The second-order valence-corrected chi connectivity index (χ2v) is 9.28. The number of methoxy groups -OCH3 is 1. The normalized spacial score (nSPS) is 22.8. The number of nitrogens with two attached hydrogens (primary N) is 1. The van der Waals surface area contributed by atoms with Gasteiger partial charge in [-0.15, -0.1) is 12.4 Å². The molecule has 2 fully saturated rings. The van der Waals surface area contributed by atoms with Crippen molar-refractivity contribution in [2.24, 2.45) is 5.73 Å². The molecular weight excluding hydrogens is 461 g/mol. The lowest BCUT2D eigenvalue weighted by Crippen LogP contribution is -2.46. The molecule has 4 rings (SSSR count). The van der Waals surface area contributed by atoms with E-state index in [0.29, 0.717) is 25.2 Å². The number of halogens is 2. The average Bonchev–Trinajstić information content (AvgIpc) is 3.19. The molecule has 6 nitrogen and oxygen atoms in total. The van der Waals surface area contributed by atoms with Gasteiger partial charge in [0, 0.05) is 41.8 Å². The summed E-state index contributed by atoms with van der Waals surface area (Å²) < 4.78 is 4.82. The van der Waals surface area contributed by atoms with Gasteiger partial charge in [0.2, 0.25) is 0 Å². The molecule has 1 aliphatic carbocycles. The van der Waals surface area contributed by atoms with Crippen molar-refractivity contribution >= 4 is 41.7 Å². The minimum absolute atomic E-state index is 0. The Morgan fingerprint density at radius 1 is 1.18 bits per heavy atom. The molecule has 0 aromatic heterocycles. The van der Waals surface area contributed by atoms with Crippen LogP contribution in [0, 0.1) is 6.92 Å². The topological polar surface area (TPSA) is 75.9 Å². The number of anilines is 1. The first kappa shape index (κ1) is 25.3. The van der Waals surface area contributed by atoms with Gasteiger partial charge in [-0.05, 0) is 74.1 Å². The predicted octanol–water partition coefficient (Wildman–Crippen LogP) is 4.94. The number of benzene rings is 2. The summed E-state index contributed by atoms with van der Waals surface area (Å²) in [5.41, 5.74) is 9.49. The Labute approximate surface area is 206 Å². The van der Waals surface area contributed by atoms with Crippen LogP contribution in [-0.4, -0.2) is 49.7 Å². The highest BCUT2D eigenvalue weighted by atomic mass is 35.5. The van der Waals surface area contributed by atoms with Crippen molar-refractivity contribution in [3.8, 4) is 0 Å². The molecule has 0 unspecified atom stereocenters. The fourth-order valence-corrected chi connectivity index (χ4v) is 5.37. The van der Waals surface area contributed by atoms with E-state index in [9.17, 15) is 9.59 Å². The standard InChI is InChI=1S/C25H30ClN3O3.ClH/c1-17-14-21(6-7-22(17)23(30)32-2)29-13-12-28(24(29)31)20-8-10-25(16-27,11-9-20)18-4-3-5-19(26)15-18;/h3-7,14-15,20H,8-13,16,27H2,1-2H3;1H/t20-,25+;. The van der Waals surface area contributed by atoms with E-state index in [4.69, 9.17) is 22.1 Å². The first-order valence-corrected chi connectivity index (χ1v) is 11.5. The van der Waals surface area contributed by atoms with Gasteiger partial charge >= 0.3 is 12.0 Å². The molecule has 178 valence electrons. The van der Waals surface area contributed by atoms with Crippen molar-refractivity contribution in [2.75, 3.05) is 31.6 Å². The van der Waals surface area contributed by atoms with Gasteiger partial charge in [-0.2, -0.15) is 0 Å². The number of hydrogen-bond acceptors (Lipinski definition) is 4. The van der Waals surface area contributed by atoms with Crippen LogP contribution in [0.15, 0.2) is 42.5 Å². The molecule has 2 aromatic carbocycles. The number of carbonyl (C=O) groups is 2. The third-order valence-electron chi connectivity index (χ3n) is 7.15. The van der Waals surface area contributed by atoms with E-state index in [1.807, 2.05) is 42.2 Å². The summed E-state index contributed by atoms with van der Waals surface area (Å²) in [6, 6.07) is 13.7. The second-order valence-electron chi connectivity index (χ2n) is 8.84. The number of carbonyl (C=O) groups excluding carboxylic acids is 2. The number of aryl methyl sites for hydroxylation is 1. The van der Waals surface area contributed by atoms with E-state index in [1.54, 1.807) is 11.0 Å². The monoisotopic (exact) mass is 491 g/mol. The van der Waals surface area contributed by atoms with Crippen LogP contribution in [0.25, 0.3) is 0 Å². The highest BCUT2D eigenvalue weighted by molar-refractivity contribution is 6.30. The van der Waals surface area contributed by atoms with Gasteiger partial charge < -0.3 is 15.4 Å². The molecule has 0 atom stereocenters. The Hall–Kier alpha value is -2.28. The van der Waals surface area contributed by atoms with E-state index >= 15 is 0 Å². The molecule has 2 N–H and O–H groups in total. The van der Waals surface area contributed by atoms with Crippen molar-refractivity contribution < 1.29 is 14.3 Å². The van der Waals surface area contributed by atoms with Gasteiger partial charge in [-0.1, -0.05) is 23.7 Å². The van der Waals surface area contributed by atoms with Crippen molar-refractivity contribution in [3.05, 3.63) is 64.2 Å². The van der Waals surface area contributed by atoms with E-state index < -0.39 is 0 Å². The zero-order valence-corrected chi connectivity index (χ0v) is 20.6. The van der Waals surface area contributed by atoms with Crippen LogP contribution < -0.4 is 10.6 Å². The minimum Gasteiger partial charge on any atom is -0.465 e. The molecule has 8 heteroatoms. The molecule has 2 amide bonds. The molecule has 1 saturated heterocycles. The summed E-state index contributed by atoms with van der Waals surface area (Å²) in [6.45, 7) is 3.78. The fourth-order valence-electron chi connectivity index (χ4n) is 5.18. The lowest BCUT2D eigenvalue weighted by Gasteiger charge is -2.42. The van der Waals surface area contributed by atoms with Crippen LogP contribution in [-0.2, 0) is 10.2 Å². The van der Waals surface area contributed by atoms with Crippen LogP contribution in [0.2, 0.25) is 5.02 Å². The van der Waals surface area contributed by atoms with E-state index in [2.05, 4.69) is 6.07 Å². The number of esters is 1.